The molecule has 0 aliphatic heterocycles. The smallest absolute Gasteiger partial charge is 0.343 e. The Kier molecular flexibility index (Phi) is 5.44. The topological polar surface area (TPSA) is 57.5 Å². The molecule has 0 saturated heterocycles. The van der Waals surface area contributed by atoms with Crippen molar-refractivity contribution >= 4 is 28.6 Å². The predicted octanol–water partition coefficient (Wildman–Crippen LogP) is 3.39. The van der Waals surface area contributed by atoms with Crippen LogP contribution in [0, 0.1) is 5.82 Å². The second-order valence-corrected chi connectivity index (χ2v) is 7.18. The number of carbonyl (C=O) groups excluding carboxylic acids is 1. The molecule has 3 rings (SSSR count). The SMILES string of the molecule is CCSc1cc2c(cc1F)c(=O)c(C(=O)OCCOC)cn2C1CC1. The van der Waals surface area contributed by atoms with E-state index in [1.54, 1.807) is 12.3 Å². The van der Waals surface area contributed by atoms with Gasteiger partial charge in [0.2, 0.25) is 5.43 Å². The first-order valence-corrected chi connectivity index (χ1v) is 9.22. The summed E-state index contributed by atoms with van der Waals surface area (Å²) in [5.41, 5.74) is 0.102. The summed E-state index contributed by atoms with van der Waals surface area (Å²) < 4.78 is 26.1. The lowest BCUT2D eigenvalue weighted by Gasteiger charge is -2.14. The van der Waals surface area contributed by atoms with Crippen LogP contribution in [0.4, 0.5) is 4.39 Å². The van der Waals surface area contributed by atoms with Gasteiger partial charge in [-0.3, -0.25) is 4.79 Å². The quantitative estimate of drug-likeness (QED) is 0.428. The van der Waals surface area contributed by atoms with Gasteiger partial charge in [-0.2, -0.15) is 0 Å². The molecule has 1 saturated carbocycles. The van der Waals surface area contributed by atoms with E-state index in [0.717, 1.165) is 18.6 Å². The summed E-state index contributed by atoms with van der Waals surface area (Å²) in [5.74, 6) is -0.408. The van der Waals surface area contributed by atoms with Crippen LogP contribution >= 0.6 is 11.8 Å². The van der Waals surface area contributed by atoms with Gasteiger partial charge in [0, 0.05) is 29.6 Å². The van der Waals surface area contributed by atoms with Crippen LogP contribution in [-0.2, 0) is 9.47 Å². The largest absolute Gasteiger partial charge is 0.460 e. The summed E-state index contributed by atoms with van der Waals surface area (Å²) in [6.45, 7) is 2.26. The minimum atomic E-state index is -0.703. The summed E-state index contributed by atoms with van der Waals surface area (Å²) >= 11 is 1.39. The van der Waals surface area contributed by atoms with Gasteiger partial charge in [-0.15, -0.1) is 11.8 Å². The van der Waals surface area contributed by atoms with Crippen molar-refractivity contribution in [3.8, 4) is 0 Å². The molecule has 0 amide bonds. The number of carbonyl (C=O) groups is 1. The van der Waals surface area contributed by atoms with Crippen molar-refractivity contribution in [3.05, 3.63) is 39.9 Å². The number of aromatic nitrogens is 1. The van der Waals surface area contributed by atoms with Crippen molar-refractivity contribution in [2.75, 3.05) is 26.1 Å². The molecule has 25 heavy (non-hydrogen) atoms. The zero-order chi connectivity index (χ0) is 18.0. The Morgan fingerprint density at radius 3 is 2.76 bits per heavy atom. The maximum absolute atomic E-state index is 14.3. The van der Waals surface area contributed by atoms with Gasteiger partial charge in [-0.25, -0.2) is 9.18 Å². The molecular formula is C18H20FNO4S. The number of fused-ring (bicyclic) bond motifs is 1. The molecule has 1 heterocycles. The van der Waals surface area contributed by atoms with Crippen molar-refractivity contribution in [1.29, 1.82) is 0 Å². The minimum absolute atomic E-state index is 0.0641. The summed E-state index contributed by atoms with van der Waals surface area (Å²) in [5, 5.41) is 0.214. The van der Waals surface area contributed by atoms with Crippen molar-refractivity contribution in [2.45, 2.75) is 30.7 Å². The fourth-order valence-corrected chi connectivity index (χ4v) is 3.42. The number of thioether (sulfide) groups is 1. The van der Waals surface area contributed by atoms with Crippen LogP contribution in [0.3, 0.4) is 0 Å². The van der Waals surface area contributed by atoms with E-state index in [0.29, 0.717) is 10.4 Å². The Hall–Kier alpha value is -1.86. The number of pyridine rings is 1. The van der Waals surface area contributed by atoms with E-state index in [1.165, 1.54) is 24.9 Å². The molecule has 1 aliphatic rings. The van der Waals surface area contributed by atoms with E-state index in [9.17, 15) is 14.0 Å². The number of ether oxygens (including phenoxy) is 2. The molecule has 134 valence electrons. The van der Waals surface area contributed by atoms with Crippen LogP contribution in [0.15, 0.2) is 28.0 Å². The molecule has 1 aromatic heterocycles. The highest BCUT2D eigenvalue weighted by Crippen LogP contribution is 2.38. The average Bonchev–Trinajstić information content (AvgIpc) is 3.42. The Morgan fingerprint density at radius 2 is 2.12 bits per heavy atom. The summed E-state index contributed by atoms with van der Waals surface area (Å²) in [7, 11) is 1.50. The molecule has 7 heteroatoms. The van der Waals surface area contributed by atoms with Gasteiger partial charge in [-0.05, 0) is 30.7 Å². The molecule has 1 aliphatic carbocycles. The van der Waals surface area contributed by atoms with Gasteiger partial charge in [0.1, 0.15) is 18.0 Å². The third kappa shape index (κ3) is 3.72. The molecule has 1 aromatic carbocycles. The average molecular weight is 365 g/mol. The summed E-state index contributed by atoms with van der Waals surface area (Å²) in [6, 6.07) is 3.18. The molecule has 1 fully saturated rings. The monoisotopic (exact) mass is 365 g/mol. The number of esters is 1. The molecule has 0 radical (unpaired) electrons. The highest BCUT2D eigenvalue weighted by atomic mass is 32.2. The van der Waals surface area contributed by atoms with Crippen LogP contribution in [0.2, 0.25) is 0 Å². The fourth-order valence-electron chi connectivity index (χ4n) is 2.71. The van der Waals surface area contributed by atoms with Crippen LogP contribution < -0.4 is 5.43 Å². The second-order valence-electron chi connectivity index (χ2n) is 5.87. The molecule has 0 unspecified atom stereocenters. The van der Waals surface area contributed by atoms with Crippen molar-refractivity contribution in [1.82, 2.24) is 4.57 Å². The molecule has 0 bridgehead atoms. The van der Waals surface area contributed by atoms with E-state index >= 15 is 0 Å². The number of hydrogen-bond acceptors (Lipinski definition) is 5. The lowest BCUT2D eigenvalue weighted by molar-refractivity contribution is 0.0386. The molecule has 0 spiro atoms. The number of benzene rings is 1. The normalized spacial score (nSPS) is 14.0. The van der Waals surface area contributed by atoms with Gasteiger partial charge in [-0.1, -0.05) is 6.92 Å². The van der Waals surface area contributed by atoms with Gasteiger partial charge >= 0.3 is 5.97 Å². The number of nitrogens with zero attached hydrogens (tertiary/aromatic N) is 1. The maximum atomic E-state index is 14.3. The van der Waals surface area contributed by atoms with Crippen LogP contribution in [0.25, 0.3) is 10.9 Å². The Balaban J connectivity index is 2.11. The van der Waals surface area contributed by atoms with E-state index < -0.39 is 17.2 Å². The Morgan fingerprint density at radius 1 is 1.36 bits per heavy atom. The van der Waals surface area contributed by atoms with Crippen molar-refractivity contribution < 1.29 is 18.7 Å². The molecular weight excluding hydrogens is 345 g/mol. The lowest BCUT2D eigenvalue weighted by Crippen LogP contribution is -2.22. The Labute approximate surface area is 149 Å². The van der Waals surface area contributed by atoms with Gasteiger partial charge in [0.15, 0.2) is 0 Å². The third-order valence-electron chi connectivity index (χ3n) is 4.07. The molecule has 2 aromatic rings. The first-order chi connectivity index (χ1) is 12.1. The highest BCUT2D eigenvalue weighted by Gasteiger charge is 2.27. The first kappa shape index (κ1) is 17.9. The zero-order valence-electron chi connectivity index (χ0n) is 14.2. The highest BCUT2D eigenvalue weighted by molar-refractivity contribution is 7.99. The number of methoxy groups -OCH3 is 1. The van der Waals surface area contributed by atoms with Crippen LogP contribution in [-0.4, -0.2) is 36.6 Å². The van der Waals surface area contributed by atoms with Gasteiger partial charge in [0.05, 0.1) is 12.1 Å². The molecule has 5 nitrogen and oxygen atoms in total. The van der Waals surface area contributed by atoms with Crippen molar-refractivity contribution in [3.63, 3.8) is 0 Å². The fraction of sp³-hybridized carbons (Fsp3) is 0.444. The summed E-state index contributed by atoms with van der Waals surface area (Å²) in [4.78, 5) is 25.5. The zero-order valence-corrected chi connectivity index (χ0v) is 15.0. The second kappa shape index (κ2) is 7.58. The lowest BCUT2D eigenvalue weighted by atomic mass is 10.1. The Bertz CT molecular complexity index is 860. The first-order valence-electron chi connectivity index (χ1n) is 8.24. The van der Waals surface area contributed by atoms with E-state index in [-0.39, 0.29) is 30.2 Å². The standard InChI is InChI=1S/C18H20FNO4S/c1-3-25-16-9-15-12(8-14(16)19)17(21)13(10-20(15)11-4-5-11)18(22)24-7-6-23-2/h8-11H,3-7H2,1-2H3. The molecule has 0 atom stereocenters. The van der Waals surface area contributed by atoms with Gasteiger partial charge < -0.3 is 14.0 Å². The number of hydrogen-bond donors (Lipinski definition) is 0. The van der Waals surface area contributed by atoms with E-state index in [2.05, 4.69) is 0 Å². The minimum Gasteiger partial charge on any atom is -0.460 e. The summed E-state index contributed by atoms with van der Waals surface area (Å²) in [6.07, 6.45) is 3.50. The van der Waals surface area contributed by atoms with Crippen molar-refractivity contribution in [2.24, 2.45) is 0 Å². The van der Waals surface area contributed by atoms with Crippen LogP contribution in [0.1, 0.15) is 36.2 Å². The number of rotatable bonds is 7. The van der Waals surface area contributed by atoms with E-state index in [1.807, 2.05) is 11.5 Å². The van der Waals surface area contributed by atoms with Gasteiger partial charge in [0.25, 0.3) is 0 Å². The predicted molar refractivity (Wildman–Crippen MR) is 95.0 cm³/mol. The third-order valence-corrected chi connectivity index (χ3v) is 4.98. The molecule has 0 N–H and O–H groups in total. The van der Waals surface area contributed by atoms with Crippen LogP contribution in [0.5, 0.6) is 0 Å². The number of halogens is 1. The maximum Gasteiger partial charge on any atom is 0.343 e. The van der Waals surface area contributed by atoms with E-state index in [4.69, 9.17) is 9.47 Å².